The highest BCUT2D eigenvalue weighted by molar-refractivity contribution is 5.94. The molecular formula is C16H25N3O2. The Morgan fingerprint density at radius 2 is 2.05 bits per heavy atom. The van der Waals surface area contributed by atoms with Crippen LogP contribution in [-0.4, -0.2) is 66.7 Å². The van der Waals surface area contributed by atoms with Gasteiger partial charge in [-0.2, -0.15) is 0 Å². The molecule has 2 rings (SSSR count). The molecule has 2 N–H and O–H groups in total. The number of likely N-dealkylation sites (N-methyl/N-ethyl adjacent to an activating group) is 1. The number of aliphatic hydroxyl groups is 1. The topological polar surface area (TPSA) is 55.8 Å². The molecule has 1 aromatic rings. The Morgan fingerprint density at radius 3 is 2.71 bits per heavy atom. The molecule has 0 aromatic heterocycles. The van der Waals surface area contributed by atoms with E-state index in [1.165, 1.54) is 0 Å². The zero-order chi connectivity index (χ0) is 15.2. The third-order valence-corrected chi connectivity index (χ3v) is 3.84. The van der Waals surface area contributed by atoms with Gasteiger partial charge in [-0.3, -0.25) is 9.69 Å². The molecule has 0 aliphatic carbocycles. The maximum atomic E-state index is 12.1. The second kappa shape index (κ2) is 7.54. The van der Waals surface area contributed by atoms with E-state index in [1.54, 1.807) is 6.92 Å². The highest BCUT2D eigenvalue weighted by atomic mass is 16.3. The fourth-order valence-electron chi connectivity index (χ4n) is 2.43. The van der Waals surface area contributed by atoms with Crippen LogP contribution < -0.4 is 5.32 Å². The Kier molecular flexibility index (Phi) is 5.73. The second-order valence-electron chi connectivity index (χ2n) is 5.84. The van der Waals surface area contributed by atoms with Crippen LogP contribution in [0, 0.1) is 0 Å². The number of nitrogens with zero attached hydrogens (tertiary/aromatic N) is 2. The van der Waals surface area contributed by atoms with Gasteiger partial charge in [0.2, 0.25) is 0 Å². The van der Waals surface area contributed by atoms with Gasteiger partial charge >= 0.3 is 0 Å². The van der Waals surface area contributed by atoms with Crippen molar-refractivity contribution in [2.24, 2.45) is 0 Å². The lowest BCUT2D eigenvalue weighted by Gasteiger charge is -2.32. The minimum atomic E-state index is -0.223. The van der Waals surface area contributed by atoms with Gasteiger partial charge in [0.15, 0.2) is 0 Å². The molecule has 1 amide bonds. The second-order valence-corrected chi connectivity index (χ2v) is 5.84. The summed E-state index contributed by atoms with van der Waals surface area (Å²) >= 11 is 0. The summed E-state index contributed by atoms with van der Waals surface area (Å²) in [5.74, 6) is -0.128. The zero-order valence-electron chi connectivity index (χ0n) is 12.9. The molecule has 1 aromatic carbocycles. The van der Waals surface area contributed by atoms with Crippen LogP contribution in [0.25, 0.3) is 0 Å². The van der Waals surface area contributed by atoms with E-state index in [9.17, 15) is 4.79 Å². The minimum absolute atomic E-state index is 0.0489. The molecule has 0 spiro atoms. The van der Waals surface area contributed by atoms with Crippen molar-refractivity contribution in [1.82, 2.24) is 15.1 Å². The monoisotopic (exact) mass is 291 g/mol. The third-order valence-electron chi connectivity index (χ3n) is 3.84. The Hall–Kier alpha value is -1.43. The van der Waals surface area contributed by atoms with Gasteiger partial charge in [0, 0.05) is 44.3 Å². The number of carbonyl (C=O) groups excluding carboxylic acids is 1. The largest absolute Gasteiger partial charge is 0.394 e. The summed E-state index contributed by atoms with van der Waals surface area (Å²) in [7, 11) is 2.14. The molecule has 1 aliphatic rings. The van der Waals surface area contributed by atoms with Gasteiger partial charge in [-0.05, 0) is 31.7 Å². The summed E-state index contributed by atoms with van der Waals surface area (Å²) < 4.78 is 0. The Balaban J connectivity index is 1.95. The number of aliphatic hydroxyl groups excluding tert-OH is 1. The van der Waals surface area contributed by atoms with Gasteiger partial charge in [-0.1, -0.05) is 12.1 Å². The predicted octanol–water partition coefficient (Wildman–Crippen LogP) is 0.545. The van der Waals surface area contributed by atoms with E-state index in [1.807, 2.05) is 18.2 Å². The van der Waals surface area contributed by atoms with Gasteiger partial charge in [-0.25, -0.2) is 0 Å². The van der Waals surface area contributed by atoms with Crippen LogP contribution in [0.3, 0.4) is 0 Å². The van der Waals surface area contributed by atoms with Crippen molar-refractivity contribution in [2.45, 2.75) is 19.5 Å². The van der Waals surface area contributed by atoms with Crippen molar-refractivity contribution < 1.29 is 9.90 Å². The van der Waals surface area contributed by atoms with E-state index in [0.29, 0.717) is 5.56 Å². The van der Waals surface area contributed by atoms with Crippen LogP contribution in [0.2, 0.25) is 0 Å². The lowest BCUT2D eigenvalue weighted by Crippen LogP contribution is -2.43. The highest BCUT2D eigenvalue weighted by Crippen LogP contribution is 2.10. The fraction of sp³-hybridized carbons (Fsp3) is 0.562. The van der Waals surface area contributed by atoms with Crippen molar-refractivity contribution in [3.05, 3.63) is 35.4 Å². The molecule has 1 saturated heterocycles. The van der Waals surface area contributed by atoms with Crippen LogP contribution in [0.15, 0.2) is 24.3 Å². The molecule has 1 fully saturated rings. The normalized spacial score (nSPS) is 18.4. The van der Waals surface area contributed by atoms with Crippen LogP contribution in [0.4, 0.5) is 0 Å². The Bertz CT molecular complexity index is 470. The summed E-state index contributed by atoms with van der Waals surface area (Å²) in [6.07, 6.45) is 0. The first-order valence-electron chi connectivity index (χ1n) is 7.50. The van der Waals surface area contributed by atoms with E-state index >= 15 is 0 Å². The van der Waals surface area contributed by atoms with Gasteiger partial charge < -0.3 is 15.3 Å². The lowest BCUT2D eigenvalue weighted by molar-refractivity contribution is 0.0922. The Morgan fingerprint density at radius 1 is 1.33 bits per heavy atom. The SMILES string of the molecule is CC(CO)NC(=O)c1cccc(CN2CCN(C)CC2)c1. The number of hydrogen-bond acceptors (Lipinski definition) is 4. The van der Waals surface area contributed by atoms with E-state index in [4.69, 9.17) is 5.11 Å². The van der Waals surface area contributed by atoms with E-state index in [0.717, 1.165) is 38.3 Å². The number of carbonyl (C=O) groups is 1. The number of rotatable bonds is 5. The maximum Gasteiger partial charge on any atom is 0.251 e. The molecule has 0 bridgehead atoms. The quantitative estimate of drug-likeness (QED) is 0.831. The molecule has 1 unspecified atom stereocenters. The number of benzene rings is 1. The molecular weight excluding hydrogens is 266 g/mol. The first kappa shape index (κ1) is 15.9. The van der Waals surface area contributed by atoms with Crippen LogP contribution >= 0.6 is 0 Å². The molecule has 1 aliphatic heterocycles. The molecule has 5 heteroatoms. The van der Waals surface area contributed by atoms with E-state index < -0.39 is 0 Å². The van der Waals surface area contributed by atoms with Gasteiger partial charge in [-0.15, -0.1) is 0 Å². The van der Waals surface area contributed by atoms with Crippen molar-refractivity contribution in [3.8, 4) is 0 Å². The summed E-state index contributed by atoms with van der Waals surface area (Å²) in [5.41, 5.74) is 1.81. The fourth-order valence-corrected chi connectivity index (χ4v) is 2.43. The zero-order valence-corrected chi connectivity index (χ0v) is 12.9. The molecule has 1 atom stereocenters. The number of piperazine rings is 1. The first-order valence-corrected chi connectivity index (χ1v) is 7.50. The van der Waals surface area contributed by atoms with Gasteiger partial charge in [0.1, 0.15) is 0 Å². The smallest absolute Gasteiger partial charge is 0.251 e. The molecule has 0 radical (unpaired) electrons. The highest BCUT2D eigenvalue weighted by Gasteiger charge is 2.15. The molecule has 5 nitrogen and oxygen atoms in total. The average Bonchev–Trinajstić information content (AvgIpc) is 2.49. The average molecular weight is 291 g/mol. The molecule has 0 saturated carbocycles. The van der Waals surface area contributed by atoms with E-state index in [-0.39, 0.29) is 18.6 Å². The van der Waals surface area contributed by atoms with Crippen molar-refractivity contribution in [2.75, 3.05) is 39.8 Å². The van der Waals surface area contributed by atoms with E-state index in [2.05, 4.69) is 28.2 Å². The summed E-state index contributed by atoms with van der Waals surface area (Å²) in [6, 6.07) is 7.51. The first-order chi connectivity index (χ1) is 10.1. The van der Waals surface area contributed by atoms with Crippen LogP contribution in [-0.2, 0) is 6.54 Å². The number of amides is 1. The van der Waals surface area contributed by atoms with Crippen molar-refractivity contribution >= 4 is 5.91 Å². The molecule has 1 heterocycles. The van der Waals surface area contributed by atoms with Crippen molar-refractivity contribution in [3.63, 3.8) is 0 Å². The number of nitrogens with one attached hydrogen (secondary N) is 1. The lowest BCUT2D eigenvalue weighted by atomic mass is 10.1. The van der Waals surface area contributed by atoms with Gasteiger partial charge in [0.05, 0.1) is 6.61 Å². The Labute approximate surface area is 126 Å². The summed E-state index contributed by atoms with van der Waals surface area (Å²) in [6.45, 7) is 6.93. The summed E-state index contributed by atoms with van der Waals surface area (Å²) in [4.78, 5) is 16.8. The maximum absolute atomic E-state index is 12.1. The predicted molar refractivity (Wildman–Crippen MR) is 83.2 cm³/mol. The third kappa shape index (κ3) is 4.81. The standard InChI is InChI=1S/C16H25N3O2/c1-13(12-20)17-16(21)15-5-3-4-14(10-15)11-19-8-6-18(2)7-9-19/h3-5,10,13,20H,6-9,11-12H2,1-2H3,(H,17,21). The minimum Gasteiger partial charge on any atom is -0.394 e. The van der Waals surface area contributed by atoms with Crippen LogP contribution in [0.5, 0.6) is 0 Å². The van der Waals surface area contributed by atoms with Crippen molar-refractivity contribution in [1.29, 1.82) is 0 Å². The molecule has 21 heavy (non-hydrogen) atoms. The molecule has 116 valence electrons. The summed E-state index contributed by atoms with van der Waals surface area (Å²) in [5, 5.41) is 11.8. The van der Waals surface area contributed by atoms with Gasteiger partial charge in [0.25, 0.3) is 5.91 Å². The number of hydrogen-bond donors (Lipinski definition) is 2. The van der Waals surface area contributed by atoms with Crippen LogP contribution in [0.1, 0.15) is 22.8 Å².